The van der Waals surface area contributed by atoms with Crippen LogP contribution in [0.5, 0.6) is 0 Å². The number of amides is 1. The number of carbonyl (C=O) groups is 1. The number of benzene rings is 1. The van der Waals surface area contributed by atoms with E-state index in [4.69, 9.17) is 4.74 Å². The third-order valence-electron chi connectivity index (χ3n) is 4.05. The van der Waals surface area contributed by atoms with Crippen molar-refractivity contribution in [3.8, 4) is 0 Å². The number of rotatable bonds is 4. The van der Waals surface area contributed by atoms with Gasteiger partial charge in [0.25, 0.3) is 0 Å². The molecule has 0 spiro atoms. The molecule has 1 heterocycles. The average molecular weight is 289 g/mol. The summed E-state index contributed by atoms with van der Waals surface area (Å²) >= 11 is 0. The normalized spacial score (nSPS) is 16.7. The number of carbonyl (C=O) groups excluding carboxylic acids is 1. The Balaban J connectivity index is 1.78. The minimum atomic E-state index is 0.154. The molecule has 1 aromatic rings. The Hall–Kier alpha value is -1.35. The lowest BCUT2D eigenvalue weighted by atomic mass is 9.86. The smallest absolute Gasteiger partial charge is 0.220 e. The van der Waals surface area contributed by atoms with Crippen LogP contribution in [-0.4, -0.2) is 25.2 Å². The van der Waals surface area contributed by atoms with Crippen LogP contribution in [0.15, 0.2) is 24.3 Å². The first-order chi connectivity index (χ1) is 9.95. The van der Waals surface area contributed by atoms with Crippen molar-refractivity contribution in [1.82, 2.24) is 5.32 Å². The molecule has 0 unspecified atom stereocenters. The van der Waals surface area contributed by atoms with Crippen molar-refractivity contribution in [2.75, 3.05) is 13.2 Å². The minimum absolute atomic E-state index is 0.154. The van der Waals surface area contributed by atoms with E-state index in [2.05, 4.69) is 50.4 Å². The van der Waals surface area contributed by atoms with Gasteiger partial charge in [-0.05, 0) is 35.8 Å². The maximum Gasteiger partial charge on any atom is 0.220 e. The van der Waals surface area contributed by atoms with Gasteiger partial charge >= 0.3 is 0 Å². The highest BCUT2D eigenvalue weighted by Gasteiger charge is 2.16. The van der Waals surface area contributed by atoms with Crippen LogP contribution in [0.2, 0.25) is 0 Å². The van der Waals surface area contributed by atoms with Crippen molar-refractivity contribution in [1.29, 1.82) is 0 Å². The summed E-state index contributed by atoms with van der Waals surface area (Å²) < 4.78 is 5.30. The fraction of sp³-hybridized carbons (Fsp3) is 0.611. The van der Waals surface area contributed by atoms with Crippen molar-refractivity contribution < 1.29 is 9.53 Å². The molecule has 1 saturated heterocycles. The zero-order valence-electron chi connectivity index (χ0n) is 13.4. The average Bonchev–Trinajstić information content (AvgIpc) is 2.46. The molecule has 0 aromatic heterocycles. The third-order valence-corrected chi connectivity index (χ3v) is 4.05. The van der Waals surface area contributed by atoms with Crippen LogP contribution in [0.4, 0.5) is 0 Å². The van der Waals surface area contributed by atoms with E-state index in [9.17, 15) is 4.79 Å². The molecule has 0 aliphatic carbocycles. The summed E-state index contributed by atoms with van der Waals surface area (Å²) in [7, 11) is 0. The van der Waals surface area contributed by atoms with E-state index in [1.54, 1.807) is 0 Å². The van der Waals surface area contributed by atoms with Gasteiger partial charge in [-0.1, -0.05) is 45.0 Å². The highest BCUT2D eigenvalue weighted by molar-refractivity contribution is 5.76. The first-order valence-corrected chi connectivity index (χ1v) is 7.92. The van der Waals surface area contributed by atoms with Gasteiger partial charge in [-0.25, -0.2) is 0 Å². The molecular weight excluding hydrogens is 262 g/mol. The second kappa shape index (κ2) is 7.08. The second-order valence-corrected chi connectivity index (χ2v) is 6.90. The van der Waals surface area contributed by atoms with E-state index < -0.39 is 0 Å². The molecule has 2 rings (SSSR count). The molecule has 1 aliphatic rings. The van der Waals surface area contributed by atoms with Crippen LogP contribution in [0.1, 0.15) is 51.2 Å². The standard InChI is InChI=1S/C18H27NO2/c1-18(2,3)15-7-4-14(5-8-15)6-9-17(20)19-16-10-12-21-13-11-16/h4-5,7-8,16H,6,9-13H2,1-3H3,(H,19,20). The molecule has 1 amide bonds. The van der Waals surface area contributed by atoms with Gasteiger partial charge in [0.1, 0.15) is 0 Å². The Morgan fingerprint density at radius 3 is 2.38 bits per heavy atom. The summed E-state index contributed by atoms with van der Waals surface area (Å²) in [6.45, 7) is 8.16. The molecule has 1 N–H and O–H groups in total. The van der Waals surface area contributed by atoms with E-state index in [-0.39, 0.29) is 11.3 Å². The Bertz CT molecular complexity index is 453. The fourth-order valence-corrected chi connectivity index (χ4v) is 2.57. The Kier molecular flexibility index (Phi) is 5.40. The fourth-order valence-electron chi connectivity index (χ4n) is 2.57. The molecule has 0 bridgehead atoms. The topological polar surface area (TPSA) is 38.3 Å². The monoisotopic (exact) mass is 289 g/mol. The zero-order chi connectivity index (χ0) is 15.3. The minimum Gasteiger partial charge on any atom is -0.381 e. The molecule has 0 saturated carbocycles. The summed E-state index contributed by atoms with van der Waals surface area (Å²) in [6, 6.07) is 8.93. The van der Waals surface area contributed by atoms with Gasteiger partial charge in [0, 0.05) is 25.7 Å². The van der Waals surface area contributed by atoms with Crippen molar-refractivity contribution in [2.45, 2.75) is 57.9 Å². The van der Waals surface area contributed by atoms with Gasteiger partial charge in [-0.3, -0.25) is 4.79 Å². The molecule has 0 radical (unpaired) electrons. The Labute approximate surface area is 128 Å². The van der Waals surface area contributed by atoms with Gasteiger partial charge in [0.05, 0.1) is 0 Å². The number of hydrogen-bond acceptors (Lipinski definition) is 2. The van der Waals surface area contributed by atoms with E-state index in [0.29, 0.717) is 12.5 Å². The van der Waals surface area contributed by atoms with Crippen LogP contribution < -0.4 is 5.32 Å². The summed E-state index contributed by atoms with van der Waals surface area (Å²) in [5, 5.41) is 3.11. The lowest BCUT2D eigenvalue weighted by Crippen LogP contribution is -2.38. The first-order valence-electron chi connectivity index (χ1n) is 7.92. The van der Waals surface area contributed by atoms with Gasteiger partial charge in [-0.2, -0.15) is 0 Å². The Morgan fingerprint density at radius 2 is 1.81 bits per heavy atom. The molecule has 3 heteroatoms. The molecule has 1 aromatic carbocycles. The summed E-state index contributed by atoms with van der Waals surface area (Å²) in [4.78, 5) is 12.0. The highest BCUT2D eigenvalue weighted by Crippen LogP contribution is 2.22. The number of ether oxygens (including phenoxy) is 1. The largest absolute Gasteiger partial charge is 0.381 e. The van der Waals surface area contributed by atoms with Crippen LogP contribution >= 0.6 is 0 Å². The lowest BCUT2D eigenvalue weighted by Gasteiger charge is -2.23. The number of nitrogens with one attached hydrogen (secondary N) is 1. The van der Waals surface area contributed by atoms with Crippen LogP contribution in [0, 0.1) is 0 Å². The highest BCUT2D eigenvalue weighted by atomic mass is 16.5. The SMILES string of the molecule is CC(C)(C)c1ccc(CCC(=O)NC2CCOCC2)cc1. The predicted molar refractivity (Wildman–Crippen MR) is 85.4 cm³/mol. The summed E-state index contributed by atoms with van der Waals surface area (Å²) in [6.07, 6.45) is 3.24. The molecule has 0 atom stereocenters. The molecule has 3 nitrogen and oxygen atoms in total. The van der Waals surface area contributed by atoms with Crippen molar-refractivity contribution in [3.05, 3.63) is 35.4 Å². The maximum atomic E-state index is 12.0. The third kappa shape index (κ3) is 5.16. The molecule has 21 heavy (non-hydrogen) atoms. The van der Waals surface area contributed by atoms with Gasteiger partial charge in [-0.15, -0.1) is 0 Å². The molecule has 1 aliphatic heterocycles. The number of aryl methyl sites for hydroxylation is 1. The van der Waals surface area contributed by atoms with Gasteiger partial charge < -0.3 is 10.1 Å². The quantitative estimate of drug-likeness (QED) is 0.924. The van der Waals surface area contributed by atoms with Crippen LogP contribution in [-0.2, 0) is 21.4 Å². The van der Waals surface area contributed by atoms with Crippen molar-refractivity contribution >= 4 is 5.91 Å². The van der Waals surface area contributed by atoms with Crippen molar-refractivity contribution in [3.63, 3.8) is 0 Å². The maximum absolute atomic E-state index is 12.0. The van der Waals surface area contributed by atoms with E-state index in [1.165, 1.54) is 11.1 Å². The predicted octanol–water partition coefficient (Wildman–Crippen LogP) is 3.21. The number of hydrogen-bond donors (Lipinski definition) is 1. The van der Waals surface area contributed by atoms with E-state index in [1.807, 2.05) is 0 Å². The molecule has 116 valence electrons. The first kappa shape index (κ1) is 16.0. The van der Waals surface area contributed by atoms with E-state index >= 15 is 0 Å². The summed E-state index contributed by atoms with van der Waals surface area (Å²) in [5.74, 6) is 0.154. The summed E-state index contributed by atoms with van der Waals surface area (Å²) in [5.41, 5.74) is 2.74. The Morgan fingerprint density at radius 1 is 1.19 bits per heavy atom. The van der Waals surface area contributed by atoms with Gasteiger partial charge in [0.15, 0.2) is 0 Å². The van der Waals surface area contributed by atoms with Gasteiger partial charge in [0.2, 0.25) is 5.91 Å². The zero-order valence-corrected chi connectivity index (χ0v) is 13.4. The molecular formula is C18H27NO2. The lowest BCUT2D eigenvalue weighted by molar-refractivity contribution is -0.122. The molecule has 1 fully saturated rings. The van der Waals surface area contributed by atoms with Crippen molar-refractivity contribution in [2.24, 2.45) is 0 Å². The second-order valence-electron chi connectivity index (χ2n) is 6.90. The van der Waals surface area contributed by atoms with Crippen LogP contribution in [0.25, 0.3) is 0 Å². The van der Waals surface area contributed by atoms with Crippen LogP contribution in [0.3, 0.4) is 0 Å². The van der Waals surface area contributed by atoms with E-state index in [0.717, 1.165) is 32.5 Å².